The van der Waals surface area contributed by atoms with Crippen molar-refractivity contribution in [1.29, 1.82) is 5.26 Å². The first-order valence-corrected chi connectivity index (χ1v) is 8.48. The van der Waals surface area contributed by atoms with E-state index in [1.54, 1.807) is 40.5 Å². The van der Waals surface area contributed by atoms with Gasteiger partial charge >= 0.3 is 0 Å². The second kappa shape index (κ2) is 10.0. The van der Waals surface area contributed by atoms with Crippen molar-refractivity contribution in [3.05, 3.63) is 52.8 Å². The Hall–Kier alpha value is -3.47. The number of guanidine groups is 1. The molecule has 0 aliphatic carbocycles. The van der Waals surface area contributed by atoms with E-state index in [0.29, 0.717) is 35.3 Å². The van der Waals surface area contributed by atoms with Crippen molar-refractivity contribution in [2.24, 2.45) is 4.99 Å². The number of nitrogens with zero attached hydrogens (tertiary/aromatic N) is 2. The van der Waals surface area contributed by atoms with Crippen molar-refractivity contribution in [2.75, 3.05) is 28.4 Å². The number of halogens is 1. The van der Waals surface area contributed by atoms with Crippen LogP contribution in [0.2, 0.25) is 0 Å². The van der Waals surface area contributed by atoms with Crippen molar-refractivity contribution in [2.45, 2.75) is 13.1 Å². The molecule has 0 saturated carbocycles. The fourth-order valence-corrected chi connectivity index (χ4v) is 2.58. The Bertz CT molecular complexity index is 869. The lowest BCUT2D eigenvalue weighted by atomic mass is 10.1. The van der Waals surface area contributed by atoms with Crippen LogP contribution in [0.1, 0.15) is 16.7 Å². The van der Waals surface area contributed by atoms with E-state index in [1.807, 2.05) is 18.2 Å². The number of ether oxygens (including phenoxy) is 3. The summed E-state index contributed by atoms with van der Waals surface area (Å²) in [5.74, 6) is 1.69. The molecule has 2 aromatic carbocycles. The number of nitriles is 1. The highest BCUT2D eigenvalue weighted by Crippen LogP contribution is 2.38. The Morgan fingerprint density at radius 1 is 1.04 bits per heavy atom. The minimum absolute atomic E-state index is 0.229. The fraction of sp³-hybridized carbons (Fsp3) is 0.300. The first kappa shape index (κ1) is 20.8. The summed E-state index contributed by atoms with van der Waals surface area (Å²) in [7, 11) is 6.29. The summed E-state index contributed by atoms with van der Waals surface area (Å²) in [6.07, 6.45) is 0. The standard InChI is InChI=1S/C20H23FN4O3/c1-23-20(25-12-15-6-5-13(10-22)7-16(15)21)24-11-14-8-17(26-2)19(28-4)18(9-14)27-3/h5-9H,11-12H2,1-4H3,(H2,23,24,25). The van der Waals surface area contributed by atoms with E-state index >= 15 is 0 Å². The molecule has 0 unspecified atom stereocenters. The summed E-state index contributed by atoms with van der Waals surface area (Å²) in [5.41, 5.74) is 1.61. The van der Waals surface area contributed by atoms with Crippen LogP contribution in [-0.2, 0) is 13.1 Å². The van der Waals surface area contributed by atoms with E-state index in [0.717, 1.165) is 5.56 Å². The summed E-state index contributed by atoms with van der Waals surface area (Å²) in [6.45, 7) is 0.665. The Labute approximate surface area is 163 Å². The Morgan fingerprint density at radius 2 is 1.68 bits per heavy atom. The normalized spacial score (nSPS) is 10.8. The zero-order chi connectivity index (χ0) is 20.5. The van der Waals surface area contributed by atoms with Gasteiger partial charge in [-0.15, -0.1) is 0 Å². The molecule has 0 saturated heterocycles. The number of nitrogens with one attached hydrogen (secondary N) is 2. The Balaban J connectivity index is 2.03. The third-order valence-electron chi connectivity index (χ3n) is 4.04. The highest BCUT2D eigenvalue weighted by atomic mass is 19.1. The predicted molar refractivity (Wildman–Crippen MR) is 104 cm³/mol. The van der Waals surface area contributed by atoms with E-state index in [4.69, 9.17) is 19.5 Å². The molecule has 0 radical (unpaired) electrons. The van der Waals surface area contributed by atoms with Gasteiger partial charge in [0, 0.05) is 25.7 Å². The van der Waals surface area contributed by atoms with Crippen LogP contribution in [0.15, 0.2) is 35.3 Å². The van der Waals surface area contributed by atoms with Crippen molar-refractivity contribution >= 4 is 5.96 Å². The Morgan fingerprint density at radius 3 is 2.18 bits per heavy atom. The second-order valence-electron chi connectivity index (χ2n) is 5.73. The van der Waals surface area contributed by atoms with Gasteiger partial charge in [-0.2, -0.15) is 5.26 Å². The van der Waals surface area contributed by atoms with Gasteiger partial charge in [0.2, 0.25) is 5.75 Å². The molecule has 0 atom stereocenters. The van der Waals surface area contributed by atoms with Crippen LogP contribution in [0.4, 0.5) is 4.39 Å². The number of aliphatic imine (C=N–C) groups is 1. The summed E-state index contributed by atoms with van der Waals surface area (Å²) >= 11 is 0. The number of benzene rings is 2. The Kier molecular flexibility index (Phi) is 7.45. The van der Waals surface area contributed by atoms with Gasteiger partial charge in [0.1, 0.15) is 5.82 Å². The molecule has 0 fully saturated rings. The molecular formula is C20H23FN4O3. The van der Waals surface area contributed by atoms with Gasteiger partial charge in [-0.3, -0.25) is 4.99 Å². The van der Waals surface area contributed by atoms with Crippen LogP contribution in [-0.4, -0.2) is 34.3 Å². The SMILES string of the molecule is CN=C(NCc1cc(OC)c(OC)c(OC)c1)NCc1ccc(C#N)cc1F. The number of hydrogen-bond acceptors (Lipinski definition) is 5. The van der Waals surface area contributed by atoms with Crippen LogP contribution < -0.4 is 24.8 Å². The molecular weight excluding hydrogens is 363 g/mol. The van der Waals surface area contributed by atoms with Crippen LogP contribution in [0.5, 0.6) is 17.2 Å². The zero-order valence-corrected chi connectivity index (χ0v) is 16.3. The van der Waals surface area contributed by atoms with Crippen molar-refractivity contribution in [1.82, 2.24) is 10.6 Å². The van der Waals surface area contributed by atoms with E-state index < -0.39 is 5.82 Å². The van der Waals surface area contributed by atoms with Crippen molar-refractivity contribution in [3.63, 3.8) is 0 Å². The molecule has 0 bridgehead atoms. The van der Waals surface area contributed by atoms with Crippen LogP contribution in [0, 0.1) is 17.1 Å². The number of hydrogen-bond donors (Lipinski definition) is 2. The third kappa shape index (κ3) is 5.04. The molecule has 0 aliphatic heterocycles. The summed E-state index contributed by atoms with van der Waals surface area (Å²) in [5, 5.41) is 15.0. The maximum atomic E-state index is 14.0. The van der Waals surface area contributed by atoms with E-state index in [2.05, 4.69) is 15.6 Å². The smallest absolute Gasteiger partial charge is 0.203 e. The molecule has 2 aromatic rings. The summed E-state index contributed by atoms with van der Waals surface area (Å²) in [4.78, 5) is 4.13. The topological polar surface area (TPSA) is 87.9 Å². The highest BCUT2D eigenvalue weighted by Gasteiger charge is 2.13. The lowest BCUT2D eigenvalue weighted by molar-refractivity contribution is 0.323. The molecule has 0 aliphatic rings. The van der Waals surface area contributed by atoms with Crippen LogP contribution in [0.25, 0.3) is 0 Å². The quantitative estimate of drug-likeness (QED) is 0.562. The minimum Gasteiger partial charge on any atom is -0.493 e. The maximum absolute atomic E-state index is 14.0. The largest absolute Gasteiger partial charge is 0.493 e. The fourth-order valence-electron chi connectivity index (χ4n) is 2.58. The lowest BCUT2D eigenvalue weighted by Gasteiger charge is -2.16. The predicted octanol–water partition coefficient (Wildman–Crippen LogP) is 2.59. The van der Waals surface area contributed by atoms with Gasteiger partial charge in [0.25, 0.3) is 0 Å². The monoisotopic (exact) mass is 386 g/mol. The molecule has 2 N–H and O–H groups in total. The average molecular weight is 386 g/mol. The van der Waals surface area contributed by atoms with Crippen LogP contribution in [0.3, 0.4) is 0 Å². The molecule has 7 nitrogen and oxygen atoms in total. The van der Waals surface area contributed by atoms with Crippen molar-refractivity contribution in [3.8, 4) is 23.3 Å². The second-order valence-corrected chi connectivity index (χ2v) is 5.73. The first-order chi connectivity index (χ1) is 13.6. The summed E-state index contributed by atoms with van der Waals surface area (Å²) < 4.78 is 30.0. The number of methoxy groups -OCH3 is 3. The summed E-state index contributed by atoms with van der Waals surface area (Å²) in [6, 6.07) is 9.94. The lowest BCUT2D eigenvalue weighted by Crippen LogP contribution is -2.36. The molecule has 0 aromatic heterocycles. The van der Waals surface area contributed by atoms with Crippen LogP contribution >= 0.6 is 0 Å². The van der Waals surface area contributed by atoms with Gasteiger partial charge in [0.05, 0.1) is 33.0 Å². The van der Waals surface area contributed by atoms with Gasteiger partial charge in [-0.25, -0.2) is 4.39 Å². The molecule has 0 amide bonds. The van der Waals surface area contributed by atoms with Gasteiger partial charge in [-0.1, -0.05) is 6.07 Å². The first-order valence-electron chi connectivity index (χ1n) is 8.48. The zero-order valence-electron chi connectivity index (χ0n) is 16.3. The molecule has 2 rings (SSSR count). The van der Waals surface area contributed by atoms with Gasteiger partial charge in [0.15, 0.2) is 17.5 Å². The van der Waals surface area contributed by atoms with Crippen molar-refractivity contribution < 1.29 is 18.6 Å². The minimum atomic E-state index is -0.438. The van der Waals surface area contributed by atoms with E-state index in [1.165, 1.54) is 6.07 Å². The molecule has 0 heterocycles. The van der Waals surface area contributed by atoms with E-state index in [-0.39, 0.29) is 12.1 Å². The molecule has 148 valence electrons. The molecule has 0 spiro atoms. The van der Waals surface area contributed by atoms with E-state index in [9.17, 15) is 4.39 Å². The molecule has 28 heavy (non-hydrogen) atoms. The molecule has 8 heteroatoms. The highest BCUT2D eigenvalue weighted by molar-refractivity contribution is 5.79. The number of rotatable bonds is 7. The average Bonchev–Trinajstić information content (AvgIpc) is 2.73. The van der Waals surface area contributed by atoms with Gasteiger partial charge < -0.3 is 24.8 Å². The third-order valence-corrected chi connectivity index (χ3v) is 4.04. The van der Waals surface area contributed by atoms with Gasteiger partial charge in [-0.05, 0) is 29.8 Å². The maximum Gasteiger partial charge on any atom is 0.203 e.